The van der Waals surface area contributed by atoms with Gasteiger partial charge in [-0.2, -0.15) is 0 Å². The van der Waals surface area contributed by atoms with Gasteiger partial charge in [0.25, 0.3) is 0 Å². The van der Waals surface area contributed by atoms with Crippen molar-refractivity contribution in [3.8, 4) is 0 Å². The van der Waals surface area contributed by atoms with Crippen LogP contribution in [0.1, 0.15) is 25.5 Å². The monoisotopic (exact) mass is 290 g/mol. The minimum absolute atomic E-state index is 0.0822. The van der Waals surface area contributed by atoms with Crippen LogP contribution in [0.15, 0.2) is 30.3 Å². The lowest BCUT2D eigenvalue weighted by Gasteiger charge is -2.43. The van der Waals surface area contributed by atoms with Gasteiger partial charge in [-0.1, -0.05) is 30.3 Å². The van der Waals surface area contributed by atoms with Gasteiger partial charge in [-0.3, -0.25) is 4.79 Å². The fourth-order valence-corrected chi connectivity index (χ4v) is 2.98. The van der Waals surface area contributed by atoms with Gasteiger partial charge in [0, 0.05) is 19.7 Å². The number of benzene rings is 1. The fourth-order valence-electron chi connectivity index (χ4n) is 2.98. The van der Waals surface area contributed by atoms with E-state index in [0.29, 0.717) is 13.2 Å². The maximum atomic E-state index is 12.3. The highest BCUT2D eigenvalue weighted by atomic mass is 16.5. The van der Waals surface area contributed by atoms with Crippen LogP contribution < -0.4 is 5.32 Å². The zero-order chi connectivity index (χ0) is 15.4. The summed E-state index contributed by atoms with van der Waals surface area (Å²) in [6.07, 6.45) is 0. The van der Waals surface area contributed by atoms with E-state index in [0.717, 1.165) is 5.56 Å². The maximum Gasteiger partial charge on any atom is 0.318 e. The van der Waals surface area contributed by atoms with Gasteiger partial charge in [0.15, 0.2) is 0 Å². The first-order valence-corrected chi connectivity index (χ1v) is 7.17. The molecule has 5 nitrogen and oxygen atoms in total. The molecule has 0 saturated carbocycles. The summed E-state index contributed by atoms with van der Waals surface area (Å²) in [7, 11) is 1.60. The Morgan fingerprint density at radius 3 is 2.57 bits per heavy atom. The van der Waals surface area contributed by atoms with Crippen LogP contribution in [0.3, 0.4) is 0 Å². The first-order chi connectivity index (χ1) is 10.1. The van der Waals surface area contributed by atoms with E-state index in [4.69, 9.17) is 4.74 Å². The molecule has 1 fully saturated rings. The normalized spacial score (nSPS) is 25.6. The number of methoxy groups -OCH3 is 1. The summed E-state index contributed by atoms with van der Waals surface area (Å²) < 4.78 is 5.04. The topological polar surface area (TPSA) is 58.6 Å². The molecule has 1 heterocycles. The van der Waals surface area contributed by atoms with Gasteiger partial charge in [0.05, 0.1) is 18.6 Å². The molecule has 1 N–H and O–H groups in total. The molecule has 0 unspecified atom stereocenters. The highest BCUT2D eigenvalue weighted by Gasteiger charge is 2.42. The smallest absolute Gasteiger partial charge is 0.318 e. The summed E-state index contributed by atoms with van der Waals surface area (Å²) in [6, 6.07) is 9.07. The molecule has 0 spiro atoms. The molecule has 2 amide bonds. The van der Waals surface area contributed by atoms with E-state index in [1.54, 1.807) is 18.9 Å². The molecule has 1 aromatic carbocycles. The van der Waals surface area contributed by atoms with Gasteiger partial charge in [-0.05, 0) is 19.4 Å². The van der Waals surface area contributed by atoms with E-state index < -0.39 is 0 Å². The summed E-state index contributed by atoms with van der Waals surface area (Å²) >= 11 is 0. The van der Waals surface area contributed by atoms with Crippen molar-refractivity contribution in [1.82, 2.24) is 10.2 Å². The standard InChI is InChI=1S/C16H22N2O3/c1-11-14(12(2)19)15(13-7-5-4-6-8-13)17-16(20)18(11)9-10-21-3/h4-8,11,14-15H,9-10H2,1-3H3,(H,17,20)/t11-,14+,15+/m1/s1. The first-order valence-electron chi connectivity index (χ1n) is 7.17. The Hall–Kier alpha value is -1.88. The van der Waals surface area contributed by atoms with Crippen molar-refractivity contribution in [3.05, 3.63) is 35.9 Å². The number of carbonyl (C=O) groups excluding carboxylic acids is 2. The van der Waals surface area contributed by atoms with E-state index in [2.05, 4.69) is 5.32 Å². The molecule has 1 aliphatic heterocycles. The van der Waals surface area contributed by atoms with Gasteiger partial charge in [-0.25, -0.2) is 4.79 Å². The number of urea groups is 1. The van der Waals surface area contributed by atoms with E-state index in [-0.39, 0.29) is 29.8 Å². The molecule has 0 bridgehead atoms. The minimum Gasteiger partial charge on any atom is -0.383 e. The van der Waals surface area contributed by atoms with Crippen LogP contribution in [0.5, 0.6) is 0 Å². The summed E-state index contributed by atoms with van der Waals surface area (Å²) in [6.45, 7) is 4.45. The Morgan fingerprint density at radius 2 is 2.00 bits per heavy atom. The SMILES string of the molecule is COCCN1C(=O)N[C@@H](c2ccccc2)[C@H](C(C)=O)[C@H]1C. The number of amides is 2. The van der Waals surface area contributed by atoms with Crippen molar-refractivity contribution < 1.29 is 14.3 Å². The lowest BCUT2D eigenvalue weighted by atomic mass is 9.82. The van der Waals surface area contributed by atoms with Crippen LogP contribution in [-0.4, -0.2) is 43.0 Å². The zero-order valence-electron chi connectivity index (χ0n) is 12.7. The predicted molar refractivity (Wildman–Crippen MR) is 79.9 cm³/mol. The Labute approximate surface area is 125 Å². The molecule has 5 heteroatoms. The van der Waals surface area contributed by atoms with Gasteiger partial charge in [-0.15, -0.1) is 0 Å². The maximum absolute atomic E-state index is 12.3. The van der Waals surface area contributed by atoms with E-state index in [9.17, 15) is 9.59 Å². The lowest BCUT2D eigenvalue weighted by molar-refractivity contribution is -0.124. The average molecular weight is 290 g/mol. The zero-order valence-corrected chi connectivity index (χ0v) is 12.7. The molecular weight excluding hydrogens is 268 g/mol. The Morgan fingerprint density at radius 1 is 1.33 bits per heavy atom. The molecular formula is C16H22N2O3. The number of rotatable bonds is 5. The summed E-state index contributed by atoms with van der Waals surface area (Å²) in [5.41, 5.74) is 0.962. The average Bonchev–Trinajstić information content (AvgIpc) is 2.47. The third-order valence-corrected chi connectivity index (χ3v) is 4.07. The molecule has 0 aromatic heterocycles. The highest BCUT2D eigenvalue weighted by Crippen LogP contribution is 2.32. The predicted octanol–water partition coefficient (Wildman–Crippen LogP) is 1.99. The third kappa shape index (κ3) is 3.24. The fraction of sp³-hybridized carbons (Fsp3) is 0.500. The van der Waals surface area contributed by atoms with Crippen molar-refractivity contribution in [2.45, 2.75) is 25.9 Å². The van der Waals surface area contributed by atoms with E-state index in [1.165, 1.54) is 0 Å². The summed E-state index contributed by atoms with van der Waals surface area (Å²) in [5.74, 6) is -0.180. The Balaban J connectivity index is 2.28. The molecule has 1 aliphatic rings. The molecule has 114 valence electrons. The molecule has 1 saturated heterocycles. The molecule has 1 aromatic rings. The quantitative estimate of drug-likeness (QED) is 0.902. The van der Waals surface area contributed by atoms with E-state index in [1.807, 2.05) is 37.3 Å². The number of carbonyl (C=O) groups is 2. The number of hydrogen-bond donors (Lipinski definition) is 1. The van der Waals surface area contributed by atoms with Crippen LogP contribution in [0.4, 0.5) is 4.79 Å². The summed E-state index contributed by atoms with van der Waals surface area (Å²) in [5, 5.41) is 2.96. The van der Waals surface area contributed by atoms with Crippen LogP contribution in [-0.2, 0) is 9.53 Å². The van der Waals surface area contributed by atoms with Gasteiger partial charge in [0.1, 0.15) is 5.78 Å². The molecule has 21 heavy (non-hydrogen) atoms. The second kappa shape index (κ2) is 6.72. The highest BCUT2D eigenvalue weighted by molar-refractivity contribution is 5.85. The minimum atomic E-state index is -0.273. The van der Waals surface area contributed by atoms with Crippen LogP contribution in [0, 0.1) is 5.92 Å². The second-order valence-corrected chi connectivity index (χ2v) is 5.40. The van der Waals surface area contributed by atoms with Crippen molar-refractivity contribution in [1.29, 1.82) is 0 Å². The van der Waals surface area contributed by atoms with Crippen molar-refractivity contribution in [2.24, 2.45) is 5.92 Å². The second-order valence-electron chi connectivity index (χ2n) is 5.40. The number of ketones is 1. The molecule has 2 rings (SSSR count). The van der Waals surface area contributed by atoms with Gasteiger partial charge >= 0.3 is 6.03 Å². The number of nitrogens with one attached hydrogen (secondary N) is 1. The largest absolute Gasteiger partial charge is 0.383 e. The van der Waals surface area contributed by atoms with Crippen LogP contribution in [0.25, 0.3) is 0 Å². The first kappa shape index (κ1) is 15.5. The van der Waals surface area contributed by atoms with E-state index >= 15 is 0 Å². The van der Waals surface area contributed by atoms with Gasteiger partial charge in [0.2, 0.25) is 0 Å². The third-order valence-electron chi connectivity index (χ3n) is 4.07. The Bertz CT molecular complexity index is 504. The number of ether oxygens (including phenoxy) is 1. The van der Waals surface area contributed by atoms with Crippen molar-refractivity contribution in [2.75, 3.05) is 20.3 Å². The van der Waals surface area contributed by atoms with Crippen molar-refractivity contribution >= 4 is 11.8 Å². The van der Waals surface area contributed by atoms with Gasteiger partial charge < -0.3 is 15.0 Å². The summed E-state index contributed by atoms with van der Waals surface area (Å²) in [4.78, 5) is 26.1. The van der Waals surface area contributed by atoms with Crippen LogP contribution >= 0.6 is 0 Å². The molecule has 3 atom stereocenters. The number of hydrogen-bond acceptors (Lipinski definition) is 3. The van der Waals surface area contributed by atoms with Crippen LogP contribution in [0.2, 0.25) is 0 Å². The molecule has 0 aliphatic carbocycles. The molecule has 0 radical (unpaired) electrons. The lowest BCUT2D eigenvalue weighted by Crippen LogP contribution is -2.59. The number of Topliss-reactive ketones (excluding diaryl/α,β-unsaturated/α-hetero) is 1. The number of nitrogens with zero attached hydrogens (tertiary/aromatic N) is 1. The Kier molecular flexibility index (Phi) is 4.96. The van der Waals surface area contributed by atoms with Crippen molar-refractivity contribution in [3.63, 3.8) is 0 Å².